The van der Waals surface area contributed by atoms with Crippen LogP contribution in [-0.4, -0.2) is 24.3 Å². The zero-order valence-electron chi connectivity index (χ0n) is 15.0. The van der Waals surface area contributed by atoms with E-state index in [1.165, 1.54) is 13.2 Å². The van der Waals surface area contributed by atoms with Crippen molar-refractivity contribution in [3.63, 3.8) is 0 Å². The summed E-state index contributed by atoms with van der Waals surface area (Å²) in [5.41, 5.74) is 0.852. The maximum atomic E-state index is 12.2. The van der Waals surface area contributed by atoms with E-state index in [9.17, 15) is 14.4 Å². The first kappa shape index (κ1) is 20.5. The molecule has 3 N–H and O–H groups in total. The zero-order chi connectivity index (χ0) is 19.6. The van der Waals surface area contributed by atoms with Gasteiger partial charge in [-0.05, 0) is 43.2 Å². The Kier molecular flexibility index (Phi) is 7.88. The van der Waals surface area contributed by atoms with Crippen molar-refractivity contribution in [1.82, 2.24) is 5.32 Å². The summed E-state index contributed by atoms with van der Waals surface area (Å²) in [6.07, 6.45) is 4.09. The molecule has 7 nitrogen and oxygen atoms in total. The van der Waals surface area contributed by atoms with Gasteiger partial charge in [0.15, 0.2) is 5.76 Å². The van der Waals surface area contributed by atoms with E-state index >= 15 is 0 Å². The molecule has 3 amide bonds. The second kappa shape index (κ2) is 10.4. The van der Waals surface area contributed by atoms with Crippen LogP contribution in [0.4, 0.5) is 11.4 Å². The minimum atomic E-state index is -0.435. The lowest BCUT2D eigenvalue weighted by atomic mass is 10.1. The van der Waals surface area contributed by atoms with E-state index in [4.69, 9.17) is 16.0 Å². The molecule has 0 saturated carbocycles. The molecule has 1 heterocycles. The van der Waals surface area contributed by atoms with Crippen molar-refractivity contribution in [2.24, 2.45) is 0 Å². The molecule has 0 radical (unpaired) electrons. The number of hydrogen-bond acceptors (Lipinski definition) is 4. The fourth-order valence-corrected chi connectivity index (χ4v) is 2.56. The number of hydrogen-bond donors (Lipinski definition) is 3. The van der Waals surface area contributed by atoms with E-state index in [2.05, 4.69) is 16.0 Å². The number of benzene rings is 1. The van der Waals surface area contributed by atoms with Gasteiger partial charge in [0.05, 0.1) is 17.6 Å². The lowest BCUT2D eigenvalue weighted by Crippen LogP contribution is -2.20. The maximum absolute atomic E-state index is 12.2. The van der Waals surface area contributed by atoms with Gasteiger partial charge in [0.1, 0.15) is 0 Å². The van der Waals surface area contributed by atoms with Gasteiger partial charge in [-0.25, -0.2) is 0 Å². The molecular formula is C19H22ClN3O4. The number of carbonyl (C=O) groups excluding carboxylic acids is 3. The Morgan fingerprint density at radius 2 is 1.85 bits per heavy atom. The fraction of sp³-hybridized carbons (Fsp3) is 0.316. The molecule has 1 aromatic heterocycles. The summed E-state index contributed by atoms with van der Waals surface area (Å²) in [6, 6.07) is 7.98. The molecule has 27 heavy (non-hydrogen) atoms. The Labute approximate surface area is 162 Å². The highest BCUT2D eigenvalue weighted by Crippen LogP contribution is 2.26. The highest BCUT2D eigenvalue weighted by molar-refractivity contribution is 6.31. The molecule has 0 saturated heterocycles. The molecule has 0 atom stereocenters. The second-order valence-electron chi connectivity index (χ2n) is 5.96. The van der Waals surface area contributed by atoms with Crippen LogP contribution in [0.5, 0.6) is 0 Å². The monoisotopic (exact) mass is 391 g/mol. The number of furan rings is 1. The molecule has 0 aliphatic carbocycles. The van der Waals surface area contributed by atoms with Crippen LogP contribution in [0.3, 0.4) is 0 Å². The van der Waals surface area contributed by atoms with Crippen LogP contribution < -0.4 is 16.0 Å². The van der Waals surface area contributed by atoms with Crippen LogP contribution in [-0.2, 0) is 9.59 Å². The molecule has 0 aliphatic rings. The van der Waals surface area contributed by atoms with Crippen molar-refractivity contribution < 1.29 is 18.8 Å². The molecule has 2 rings (SSSR count). The average molecular weight is 392 g/mol. The lowest BCUT2D eigenvalue weighted by Gasteiger charge is -2.12. The number of rotatable bonds is 9. The summed E-state index contributed by atoms with van der Waals surface area (Å²) in [7, 11) is 0. The van der Waals surface area contributed by atoms with Crippen LogP contribution in [0, 0.1) is 0 Å². The molecule has 0 bridgehead atoms. The van der Waals surface area contributed by atoms with E-state index in [-0.39, 0.29) is 17.6 Å². The van der Waals surface area contributed by atoms with E-state index < -0.39 is 5.91 Å². The quantitative estimate of drug-likeness (QED) is 0.565. The summed E-state index contributed by atoms with van der Waals surface area (Å²) < 4.78 is 5.06. The fourth-order valence-electron chi connectivity index (χ4n) is 2.39. The number of halogens is 1. The first-order valence-corrected chi connectivity index (χ1v) is 9.02. The molecule has 1 aromatic carbocycles. The van der Waals surface area contributed by atoms with Crippen LogP contribution in [0.15, 0.2) is 41.0 Å². The molecule has 0 spiro atoms. The zero-order valence-corrected chi connectivity index (χ0v) is 15.8. The van der Waals surface area contributed by atoms with Crippen molar-refractivity contribution in [2.45, 2.75) is 32.6 Å². The van der Waals surface area contributed by atoms with Crippen LogP contribution in [0.25, 0.3) is 0 Å². The third kappa shape index (κ3) is 7.15. The summed E-state index contributed by atoms with van der Waals surface area (Å²) >= 11 is 6.00. The number of amides is 3. The molecule has 2 aromatic rings. The molecule has 0 unspecified atom stereocenters. The Balaban J connectivity index is 1.87. The minimum absolute atomic E-state index is 0.0559. The van der Waals surface area contributed by atoms with Gasteiger partial charge >= 0.3 is 0 Å². The summed E-state index contributed by atoms with van der Waals surface area (Å²) in [5.74, 6) is -0.493. The smallest absolute Gasteiger partial charge is 0.291 e. The van der Waals surface area contributed by atoms with Crippen molar-refractivity contribution in [1.29, 1.82) is 0 Å². The normalized spacial score (nSPS) is 10.3. The predicted molar refractivity (Wildman–Crippen MR) is 104 cm³/mol. The Morgan fingerprint density at radius 3 is 2.56 bits per heavy atom. The van der Waals surface area contributed by atoms with Crippen LogP contribution in [0.1, 0.15) is 43.2 Å². The number of unbranched alkanes of at least 4 members (excludes halogenated alkanes) is 2. The molecular weight excluding hydrogens is 370 g/mol. The van der Waals surface area contributed by atoms with Crippen molar-refractivity contribution in [2.75, 3.05) is 17.2 Å². The Bertz CT molecular complexity index is 790. The first-order valence-electron chi connectivity index (χ1n) is 8.64. The largest absolute Gasteiger partial charge is 0.459 e. The second-order valence-corrected chi connectivity index (χ2v) is 6.40. The summed E-state index contributed by atoms with van der Waals surface area (Å²) in [4.78, 5) is 35.1. The van der Waals surface area contributed by atoms with Gasteiger partial charge in [-0.1, -0.05) is 18.0 Å². The van der Waals surface area contributed by atoms with E-state index in [1.54, 1.807) is 30.3 Å². The first-order chi connectivity index (χ1) is 13.0. The summed E-state index contributed by atoms with van der Waals surface area (Å²) in [6.45, 7) is 2.08. The van der Waals surface area contributed by atoms with Crippen LogP contribution in [0.2, 0.25) is 5.02 Å². The molecule has 8 heteroatoms. The number of carbonyl (C=O) groups is 3. The highest BCUT2D eigenvalue weighted by atomic mass is 35.5. The molecule has 0 fully saturated rings. The van der Waals surface area contributed by atoms with Crippen molar-refractivity contribution in [3.05, 3.63) is 47.4 Å². The standard InChI is InChI=1S/C19H22ClN3O4/c1-13(24)21-10-4-2-3-7-18(25)22-15-9-8-14(20)12-16(15)23-19(26)17-6-5-11-27-17/h5-6,8-9,11-12H,2-4,7,10H2,1H3,(H,21,24)(H,22,25)(H,23,26). The van der Waals surface area contributed by atoms with Gasteiger partial charge < -0.3 is 20.4 Å². The van der Waals surface area contributed by atoms with E-state index in [0.717, 1.165) is 12.8 Å². The third-order valence-electron chi connectivity index (χ3n) is 3.70. The predicted octanol–water partition coefficient (Wildman–Crippen LogP) is 3.82. The number of nitrogens with one attached hydrogen (secondary N) is 3. The van der Waals surface area contributed by atoms with Crippen molar-refractivity contribution >= 4 is 40.7 Å². The van der Waals surface area contributed by atoms with Gasteiger partial charge in [-0.2, -0.15) is 0 Å². The third-order valence-corrected chi connectivity index (χ3v) is 3.94. The Morgan fingerprint density at radius 1 is 1.04 bits per heavy atom. The molecule has 0 aliphatic heterocycles. The SMILES string of the molecule is CC(=O)NCCCCCC(=O)Nc1ccc(Cl)cc1NC(=O)c1ccco1. The summed E-state index contributed by atoms with van der Waals surface area (Å²) in [5, 5.41) is 8.61. The van der Waals surface area contributed by atoms with Gasteiger partial charge in [0.25, 0.3) is 5.91 Å². The average Bonchev–Trinajstić information content (AvgIpc) is 3.15. The van der Waals surface area contributed by atoms with Gasteiger partial charge in [0.2, 0.25) is 11.8 Å². The van der Waals surface area contributed by atoms with Gasteiger partial charge in [-0.3, -0.25) is 14.4 Å². The van der Waals surface area contributed by atoms with Crippen molar-refractivity contribution in [3.8, 4) is 0 Å². The lowest BCUT2D eigenvalue weighted by molar-refractivity contribution is -0.119. The minimum Gasteiger partial charge on any atom is -0.459 e. The maximum Gasteiger partial charge on any atom is 0.291 e. The Hall–Kier alpha value is -2.80. The van der Waals surface area contributed by atoms with Gasteiger partial charge in [-0.15, -0.1) is 0 Å². The van der Waals surface area contributed by atoms with Gasteiger partial charge in [0, 0.05) is 24.9 Å². The highest BCUT2D eigenvalue weighted by Gasteiger charge is 2.13. The van der Waals surface area contributed by atoms with Crippen LogP contribution >= 0.6 is 11.6 Å². The van der Waals surface area contributed by atoms with E-state index in [0.29, 0.717) is 35.8 Å². The number of anilines is 2. The molecule has 144 valence electrons. The topological polar surface area (TPSA) is 100 Å². The van der Waals surface area contributed by atoms with E-state index in [1.807, 2.05) is 0 Å².